The van der Waals surface area contributed by atoms with Gasteiger partial charge in [0.1, 0.15) is 5.82 Å². The molecule has 0 saturated heterocycles. The zero-order chi connectivity index (χ0) is 25.1. The highest BCUT2D eigenvalue weighted by molar-refractivity contribution is 6.33. The number of carbonyl (C=O) groups excluding carboxylic acids is 1. The van der Waals surface area contributed by atoms with Gasteiger partial charge in [-0.1, -0.05) is 42.8 Å². The lowest BCUT2D eigenvalue weighted by Crippen LogP contribution is -2.51. The second kappa shape index (κ2) is 10.1. The number of ketones is 1. The first kappa shape index (κ1) is 25.6. The van der Waals surface area contributed by atoms with Crippen molar-refractivity contribution in [3.8, 4) is 22.8 Å². The standard InChI is InChI=1S/C24H23ClF3N3O3/c1-4-14-6-5-7-16(12-14)20-29-21(31-22(33)30-20)17-13-15(8-10-18(17)25)9-11-19(32)23(2,34-3)24(26,27)28/h5-8,10,12-13H,4,9,11H2,1-3H3,(H,29,30,31,33)/t23-/m1/s1. The average molecular weight is 494 g/mol. The van der Waals surface area contributed by atoms with E-state index in [9.17, 15) is 22.8 Å². The second-order valence-electron chi connectivity index (χ2n) is 7.85. The highest BCUT2D eigenvalue weighted by Gasteiger charge is 2.56. The molecule has 0 amide bonds. The molecule has 3 aromatic rings. The van der Waals surface area contributed by atoms with Crippen molar-refractivity contribution < 1.29 is 22.7 Å². The minimum absolute atomic E-state index is 0.0126. The summed E-state index contributed by atoms with van der Waals surface area (Å²) in [5.74, 6) is -0.716. The molecule has 3 rings (SSSR count). The first-order valence-electron chi connectivity index (χ1n) is 10.5. The summed E-state index contributed by atoms with van der Waals surface area (Å²) in [5.41, 5.74) is -0.890. The molecule has 0 fully saturated rings. The number of H-pyrrole nitrogens is 1. The molecule has 0 bridgehead atoms. The zero-order valence-corrected chi connectivity index (χ0v) is 19.5. The van der Waals surface area contributed by atoms with E-state index in [2.05, 4.69) is 19.7 Å². The fourth-order valence-electron chi connectivity index (χ4n) is 3.36. The fraction of sp³-hybridized carbons (Fsp3) is 0.333. The summed E-state index contributed by atoms with van der Waals surface area (Å²) < 4.78 is 44.3. The SMILES string of the molecule is CCc1cccc(-c2nc(-c3cc(CCC(=O)[C@@](C)(OC)C(F)(F)F)ccc3Cl)[nH]c(=O)n2)c1. The lowest BCUT2D eigenvalue weighted by Gasteiger charge is -2.29. The number of nitrogens with one attached hydrogen (secondary N) is 1. The summed E-state index contributed by atoms with van der Waals surface area (Å²) in [6.45, 7) is 2.71. The monoisotopic (exact) mass is 493 g/mol. The molecule has 0 aliphatic carbocycles. The van der Waals surface area contributed by atoms with Crippen LogP contribution >= 0.6 is 11.6 Å². The number of methoxy groups -OCH3 is 1. The van der Waals surface area contributed by atoms with Gasteiger partial charge in [-0.2, -0.15) is 18.2 Å². The van der Waals surface area contributed by atoms with Crippen molar-refractivity contribution in [1.82, 2.24) is 15.0 Å². The van der Waals surface area contributed by atoms with E-state index in [1.807, 2.05) is 25.1 Å². The van der Waals surface area contributed by atoms with E-state index in [0.29, 0.717) is 23.6 Å². The predicted molar refractivity (Wildman–Crippen MR) is 123 cm³/mol. The van der Waals surface area contributed by atoms with Crippen molar-refractivity contribution in [1.29, 1.82) is 0 Å². The van der Waals surface area contributed by atoms with Crippen molar-refractivity contribution in [3.05, 3.63) is 69.1 Å². The number of nitrogens with zero attached hydrogens (tertiary/aromatic N) is 2. The highest BCUT2D eigenvalue weighted by atomic mass is 35.5. The summed E-state index contributed by atoms with van der Waals surface area (Å²) in [4.78, 5) is 35.5. The highest BCUT2D eigenvalue weighted by Crippen LogP contribution is 2.35. The van der Waals surface area contributed by atoms with Crippen LogP contribution in [-0.2, 0) is 22.4 Å². The van der Waals surface area contributed by atoms with Gasteiger partial charge in [-0.05, 0) is 49.1 Å². The number of benzene rings is 2. The zero-order valence-electron chi connectivity index (χ0n) is 18.8. The van der Waals surface area contributed by atoms with E-state index in [1.54, 1.807) is 18.2 Å². The van der Waals surface area contributed by atoms with Gasteiger partial charge < -0.3 is 4.74 Å². The number of hydrogen-bond donors (Lipinski definition) is 1. The molecule has 1 atom stereocenters. The van der Waals surface area contributed by atoms with Crippen LogP contribution in [-0.4, -0.2) is 39.6 Å². The van der Waals surface area contributed by atoms with Crippen molar-refractivity contribution >= 4 is 17.4 Å². The van der Waals surface area contributed by atoms with E-state index in [4.69, 9.17) is 11.6 Å². The normalized spacial score (nSPS) is 13.5. The summed E-state index contributed by atoms with van der Waals surface area (Å²) in [6, 6.07) is 12.2. The smallest absolute Gasteiger partial charge is 0.362 e. The summed E-state index contributed by atoms with van der Waals surface area (Å²) in [5, 5.41) is 0.273. The Kier molecular flexibility index (Phi) is 7.57. The molecule has 2 aromatic carbocycles. The third kappa shape index (κ3) is 5.37. The third-order valence-corrected chi connectivity index (χ3v) is 5.98. The fourth-order valence-corrected chi connectivity index (χ4v) is 3.57. The first-order valence-corrected chi connectivity index (χ1v) is 10.9. The molecule has 1 N–H and O–H groups in total. The molecular formula is C24H23ClF3N3O3. The number of aryl methyl sites for hydroxylation is 2. The number of ether oxygens (including phenoxy) is 1. The van der Waals surface area contributed by atoms with Gasteiger partial charge in [0.05, 0.1) is 5.02 Å². The molecule has 0 saturated carbocycles. The van der Waals surface area contributed by atoms with Crippen LogP contribution < -0.4 is 5.69 Å². The molecule has 0 aliphatic heterocycles. The number of hydrogen-bond acceptors (Lipinski definition) is 5. The number of aromatic nitrogens is 3. The van der Waals surface area contributed by atoms with Crippen LogP contribution in [0.25, 0.3) is 22.8 Å². The molecule has 0 spiro atoms. The van der Waals surface area contributed by atoms with Crippen molar-refractivity contribution in [2.24, 2.45) is 0 Å². The lowest BCUT2D eigenvalue weighted by atomic mass is 9.94. The lowest BCUT2D eigenvalue weighted by molar-refractivity contribution is -0.252. The third-order valence-electron chi connectivity index (χ3n) is 5.65. The Balaban J connectivity index is 1.92. The molecule has 0 radical (unpaired) electrons. The number of carbonyl (C=O) groups is 1. The largest absolute Gasteiger partial charge is 0.424 e. The molecular weight excluding hydrogens is 471 g/mol. The Morgan fingerprint density at radius 1 is 1.12 bits per heavy atom. The van der Waals surface area contributed by atoms with Crippen LogP contribution in [0.15, 0.2) is 47.3 Å². The second-order valence-corrected chi connectivity index (χ2v) is 8.26. The van der Waals surface area contributed by atoms with Gasteiger partial charge in [0.15, 0.2) is 11.6 Å². The van der Waals surface area contributed by atoms with Crippen molar-refractivity contribution in [2.75, 3.05) is 7.11 Å². The topological polar surface area (TPSA) is 84.9 Å². The number of alkyl halides is 3. The summed E-state index contributed by atoms with van der Waals surface area (Å²) in [7, 11) is 0.852. The Labute approximate surface area is 199 Å². The van der Waals surface area contributed by atoms with Gasteiger partial charge in [0.2, 0.25) is 5.60 Å². The van der Waals surface area contributed by atoms with E-state index in [0.717, 1.165) is 19.1 Å². The van der Waals surface area contributed by atoms with Crippen LogP contribution in [0, 0.1) is 0 Å². The van der Waals surface area contributed by atoms with Gasteiger partial charge in [-0.25, -0.2) is 9.78 Å². The molecule has 10 heteroatoms. The summed E-state index contributed by atoms with van der Waals surface area (Å²) in [6.07, 6.45) is -4.43. The van der Waals surface area contributed by atoms with Crippen LogP contribution in [0.2, 0.25) is 5.02 Å². The molecule has 34 heavy (non-hydrogen) atoms. The maximum Gasteiger partial charge on any atom is 0.424 e. The van der Waals surface area contributed by atoms with Gasteiger partial charge in [-0.15, -0.1) is 0 Å². The molecule has 1 aromatic heterocycles. The van der Waals surface area contributed by atoms with E-state index in [1.165, 1.54) is 6.07 Å². The van der Waals surface area contributed by atoms with E-state index in [-0.39, 0.29) is 23.1 Å². The van der Waals surface area contributed by atoms with Crippen LogP contribution in [0.5, 0.6) is 0 Å². The van der Waals surface area contributed by atoms with Gasteiger partial charge in [0.25, 0.3) is 0 Å². The molecule has 1 heterocycles. The van der Waals surface area contributed by atoms with Crippen molar-refractivity contribution in [3.63, 3.8) is 0 Å². The minimum atomic E-state index is -4.84. The van der Waals surface area contributed by atoms with Crippen molar-refractivity contribution in [2.45, 2.75) is 44.9 Å². The first-order chi connectivity index (χ1) is 16.0. The van der Waals surface area contributed by atoms with Crippen LogP contribution in [0.4, 0.5) is 13.2 Å². The Hall–Kier alpha value is -3.04. The maximum absolute atomic E-state index is 13.3. The van der Waals surface area contributed by atoms with E-state index >= 15 is 0 Å². The molecule has 6 nitrogen and oxygen atoms in total. The van der Waals surface area contributed by atoms with E-state index < -0.39 is 29.7 Å². The Morgan fingerprint density at radius 3 is 2.50 bits per heavy atom. The van der Waals surface area contributed by atoms with Gasteiger partial charge >= 0.3 is 11.9 Å². The number of halogens is 4. The molecule has 180 valence electrons. The average Bonchev–Trinajstić information content (AvgIpc) is 2.81. The molecule has 0 unspecified atom stereocenters. The number of aromatic amines is 1. The predicted octanol–water partition coefficient (Wildman–Crippen LogP) is 5.18. The van der Waals surface area contributed by atoms with Crippen LogP contribution in [0.3, 0.4) is 0 Å². The number of rotatable bonds is 8. The molecule has 0 aliphatic rings. The van der Waals surface area contributed by atoms with Gasteiger partial charge in [-0.3, -0.25) is 9.78 Å². The number of Topliss-reactive ketones (excluding diaryl/α,β-unsaturated/α-hetero) is 1. The maximum atomic E-state index is 13.3. The van der Waals surface area contributed by atoms with Crippen LogP contribution in [0.1, 0.15) is 31.4 Å². The summed E-state index contributed by atoms with van der Waals surface area (Å²) >= 11 is 6.33. The van der Waals surface area contributed by atoms with Gasteiger partial charge in [0, 0.05) is 24.7 Å². The Morgan fingerprint density at radius 2 is 1.85 bits per heavy atom. The quantitative estimate of drug-likeness (QED) is 0.467. The Bertz CT molecular complexity index is 1260. The minimum Gasteiger partial charge on any atom is -0.362 e.